The highest BCUT2D eigenvalue weighted by atomic mass is 32.2. The first kappa shape index (κ1) is 23.2. The van der Waals surface area contributed by atoms with Crippen LogP contribution in [0.1, 0.15) is 38.3 Å². The van der Waals surface area contributed by atoms with Crippen LogP contribution in [-0.4, -0.2) is 45.0 Å². The Morgan fingerprint density at radius 3 is 2.45 bits per heavy atom. The van der Waals surface area contributed by atoms with Crippen LogP contribution in [0.15, 0.2) is 52.9 Å². The fraction of sp³-hybridized carbons (Fsp3) is 0.409. The number of hydrogen-bond donors (Lipinski definition) is 2. The van der Waals surface area contributed by atoms with Crippen LogP contribution in [0, 0.1) is 0 Å². The van der Waals surface area contributed by atoms with E-state index in [-0.39, 0.29) is 18.8 Å². The Balaban J connectivity index is 2.13. The lowest BCUT2D eigenvalue weighted by atomic mass is 10.0. The van der Waals surface area contributed by atoms with E-state index in [1.54, 1.807) is 12.1 Å². The molecule has 158 valence electrons. The molecule has 2 aromatic carbocycles. The minimum Gasteiger partial charge on any atom is -0.591 e. The van der Waals surface area contributed by atoms with E-state index in [0.717, 1.165) is 5.56 Å². The van der Waals surface area contributed by atoms with E-state index in [2.05, 4.69) is 4.40 Å². The number of phenols is 1. The van der Waals surface area contributed by atoms with Crippen LogP contribution in [0.5, 0.6) is 11.5 Å². The standard InChI is InChI=1S/C22H29NO5S/c1-22(2,3)29(26)23-20(19-11-10-18(27-4)13-21(19)25)12-17(24)15-28-14-16-8-6-5-7-9-16/h5-11,13,17,24-25H,12,14-15H2,1-4H3/t17-,29?/m1/s1. The zero-order valence-electron chi connectivity index (χ0n) is 17.3. The van der Waals surface area contributed by atoms with Gasteiger partial charge >= 0.3 is 0 Å². The zero-order valence-corrected chi connectivity index (χ0v) is 18.1. The summed E-state index contributed by atoms with van der Waals surface area (Å²) in [5.74, 6) is 0.445. The van der Waals surface area contributed by atoms with Crippen LogP contribution in [0.3, 0.4) is 0 Å². The predicted molar refractivity (Wildman–Crippen MR) is 116 cm³/mol. The summed E-state index contributed by atoms with van der Waals surface area (Å²) in [6.45, 7) is 5.92. The topological polar surface area (TPSA) is 94.3 Å². The van der Waals surface area contributed by atoms with Gasteiger partial charge in [0.1, 0.15) is 33.3 Å². The van der Waals surface area contributed by atoms with Gasteiger partial charge < -0.3 is 24.2 Å². The number of aromatic hydroxyl groups is 1. The normalized spacial score (nSPS) is 14.5. The van der Waals surface area contributed by atoms with Crippen LogP contribution in [-0.2, 0) is 22.7 Å². The van der Waals surface area contributed by atoms with Crippen molar-refractivity contribution in [3.63, 3.8) is 0 Å². The van der Waals surface area contributed by atoms with Crippen LogP contribution < -0.4 is 4.74 Å². The summed E-state index contributed by atoms with van der Waals surface area (Å²) in [5.41, 5.74) is 1.77. The molecule has 2 N–H and O–H groups in total. The highest BCUT2D eigenvalue weighted by Crippen LogP contribution is 2.27. The fourth-order valence-electron chi connectivity index (χ4n) is 2.49. The maximum Gasteiger partial charge on any atom is 0.144 e. The molecular weight excluding hydrogens is 390 g/mol. The van der Waals surface area contributed by atoms with Gasteiger partial charge in [-0.25, -0.2) is 0 Å². The number of ether oxygens (including phenoxy) is 2. The van der Waals surface area contributed by atoms with Crippen LogP contribution >= 0.6 is 0 Å². The van der Waals surface area contributed by atoms with Crippen molar-refractivity contribution >= 4 is 17.1 Å². The first-order chi connectivity index (χ1) is 13.7. The van der Waals surface area contributed by atoms with Gasteiger partial charge in [0.25, 0.3) is 0 Å². The third-order valence-corrected chi connectivity index (χ3v) is 5.52. The maximum absolute atomic E-state index is 12.6. The first-order valence-corrected chi connectivity index (χ1v) is 10.5. The number of methoxy groups -OCH3 is 1. The van der Waals surface area contributed by atoms with Gasteiger partial charge in [0.2, 0.25) is 0 Å². The van der Waals surface area contributed by atoms with Gasteiger partial charge in [-0.05, 0) is 38.5 Å². The molecule has 0 saturated heterocycles. The molecule has 0 heterocycles. The van der Waals surface area contributed by atoms with Gasteiger partial charge in [-0.1, -0.05) is 34.7 Å². The summed E-state index contributed by atoms with van der Waals surface area (Å²) < 4.78 is 27.0. The minimum absolute atomic E-state index is 0.0496. The van der Waals surface area contributed by atoms with E-state index in [4.69, 9.17) is 9.47 Å². The lowest BCUT2D eigenvalue weighted by Crippen LogP contribution is -2.28. The molecule has 2 atom stereocenters. The van der Waals surface area contributed by atoms with Crippen molar-refractivity contribution in [2.45, 2.75) is 44.6 Å². The Labute approximate surface area is 175 Å². The Morgan fingerprint density at radius 1 is 1.17 bits per heavy atom. The zero-order chi connectivity index (χ0) is 21.4. The SMILES string of the molecule is COc1ccc(C(C[C@@H](O)COCc2ccccc2)=N[S+]([O-])C(C)(C)C)c(O)c1. The first-order valence-electron chi connectivity index (χ1n) is 9.37. The van der Waals surface area contributed by atoms with Gasteiger partial charge in [-0.3, -0.25) is 0 Å². The van der Waals surface area contributed by atoms with E-state index in [1.165, 1.54) is 13.2 Å². The quantitative estimate of drug-likeness (QED) is 0.478. The summed E-state index contributed by atoms with van der Waals surface area (Å²) >= 11 is -1.54. The van der Waals surface area contributed by atoms with Crippen molar-refractivity contribution in [3.8, 4) is 11.5 Å². The van der Waals surface area contributed by atoms with E-state index in [1.807, 2.05) is 51.1 Å². The van der Waals surface area contributed by atoms with E-state index in [0.29, 0.717) is 23.6 Å². The molecule has 0 bridgehead atoms. The number of benzene rings is 2. The Hall–Kier alpha value is -2.06. The summed E-state index contributed by atoms with van der Waals surface area (Å²) in [5, 5.41) is 20.8. The number of hydrogen-bond acceptors (Lipinski definition) is 6. The highest BCUT2D eigenvalue weighted by Gasteiger charge is 2.28. The molecule has 0 aromatic heterocycles. The Kier molecular flexibility index (Phi) is 8.52. The van der Waals surface area contributed by atoms with E-state index < -0.39 is 22.2 Å². The number of aliphatic hydroxyl groups is 1. The lowest BCUT2D eigenvalue weighted by molar-refractivity contribution is 0.0322. The largest absolute Gasteiger partial charge is 0.591 e. The maximum atomic E-state index is 12.6. The molecule has 0 radical (unpaired) electrons. The minimum atomic E-state index is -1.54. The molecule has 2 aromatic rings. The van der Waals surface area contributed by atoms with Gasteiger partial charge in [-0.2, -0.15) is 0 Å². The molecule has 0 amide bonds. The van der Waals surface area contributed by atoms with Crippen molar-refractivity contribution in [3.05, 3.63) is 59.7 Å². The second-order valence-electron chi connectivity index (χ2n) is 7.64. The molecule has 0 spiro atoms. The smallest absolute Gasteiger partial charge is 0.144 e. The molecule has 2 rings (SSSR count). The molecule has 0 fully saturated rings. The van der Waals surface area contributed by atoms with Gasteiger partial charge in [0, 0.05) is 18.1 Å². The molecule has 1 unspecified atom stereocenters. The van der Waals surface area contributed by atoms with Gasteiger partial charge in [0.15, 0.2) is 0 Å². The number of rotatable bonds is 9. The van der Waals surface area contributed by atoms with Crippen molar-refractivity contribution < 1.29 is 24.2 Å². The summed E-state index contributed by atoms with van der Waals surface area (Å²) in [4.78, 5) is 0. The second-order valence-corrected chi connectivity index (χ2v) is 9.55. The third-order valence-electron chi connectivity index (χ3n) is 4.08. The number of aliphatic hydroxyl groups excluding tert-OH is 1. The molecular formula is C22H29NO5S. The summed E-state index contributed by atoms with van der Waals surface area (Å²) in [6, 6.07) is 14.5. The molecule has 0 saturated carbocycles. The molecule has 0 aliphatic rings. The number of phenolic OH excluding ortho intramolecular Hbond substituents is 1. The highest BCUT2D eigenvalue weighted by molar-refractivity contribution is 7.91. The average molecular weight is 420 g/mol. The lowest BCUT2D eigenvalue weighted by Gasteiger charge is -2.20. The Bertz CT molecular complexity index is 805. The summed E-state index contributed by atoms with van der Waals surface area (Å²) in [6.07, 6.45) is -0.771. The van der Waals surface area contributed by atoms with E-state index >= 15 is 0 Å². The van der Waals surface area contributed by atoms with E-state index in [9.17, 15) is 14.8 Å². The Morgan fingerprint density at radius 2 is 1.86 bits per heavy atom. The van der Waals surface area contributed by atoms with Gasteiger partial charge in [0.05, 0.1) is 26.4 Å². The average Bonchev–Trinajstić information content (AvgIpc) is 2.67. The van der Waals surface area contributed by atoms with Crippen LogP contribution in [0.4, 0.5) is 0 Å². The molecule has 6 nitrogen and oxygen atoms in total. The third kappa shape index (κ3) is 7.36. The van der Waals surface area contributed by atoms with Crippen molar-refractivity contribution in [1.29, 1.82) is 0 Å². The van der Waals surface area contributed by atoms with Crippen molar-refractivity contribution in [2.24, 2.45) is 4.40 Å². The van der Waals surface area contributed by atoms with Crippen molar-refractivity contribution in [1.82, 2.24) is 0 Å². The molecule has 7 heteroatoms. The second kappa shape index (κ2) is 10.6. The molecule has 29 heavy (non-hydrogen) atoms. The van der Waals surface area contributed by atoms with Crippen LogP contribution in [0.25, 0.3) is 0 Å². The van der Waals surface area contributed by atoms with Crippen molar-refractivity contribution in [2.75, 3.05) is 13.7 Å². The fourth-order valence-corrected chi connectivity index (χ4v) is 3.13. The predicted octanol–water partition coefficient (Wildman–Crippen LogP) is 3.62. The van der Waals surface area contributed by atoms with Crippen LogP contribution in [0.2, 0.25) is 0 Å². The monoisotopic (exact) mass is 419 g/mol. The summed E-state index contributed by atoms with van der Waals surface area (Å²) in [7, 11) is 1.51. The molecule has 0 aliphatic carbocycles. The van der Waals surface area contributed by atoms with Gasteiger partial charge in [-0.15, -0.1) is 0 Å². The molecule has 0 aliphatic heterocycles. The number of nitrogens with zero attached hydrogens (tertiary/aromatic N) is 1.